The van der Waals surface area contributed by atoms with E-state index in [0.29, 0.717) is 32.1 Å². The van der Waals surface area contributed by atoms with Crippen LogP contribution in [0, 0.1) is 52.3 Å². The van der Waals surface area contributed by atoms with Gasteiger partial charge in [-0.15, -0.1) is 0 Å². The monoisotopic (exact) mass is 464 g/mol. The molecular formula is C27H44O6. The van der Waals surface area contributed by atoms with Gasteiger partial charge in [-0.3, -0.25) is 9.59 Å². The molecule has 0 aromatic heterocycles. The molecule has 188 valence electrons. The molecule has 0 aliphatic heterocycles. The third kappa shape index (κ3) is 3.79. The highest BCUT2D eigenvalue weighted by Gasteiger charge is 2.67. The maximum Gasteiger partial charge on any atom is 0.305 e. The SMILES string of the molecule is COC(=O)CCC(C)C1CCC2C3C(O)CC4CC(O)CC(C(C)=O)C4(C)C3CC(O)C12C. The molecule has 6 nitrogen and oxygen atoms in total. The van der Waals surface area contributed by atoms with E-state index in [1.807, 2.05) is 0 Å². The Bertz CT molecular complexity index is 768. The molecule has 4 rings (SSSR count). The molecule has 0 saturated heterocycles. The van der Waals surface area contributed by atoms with Crippen LogP contribution in [0.3, 0.4) is 0 Å². The predicted molar refractivity (Wildman–Crippen MR) is 124 cm³/mol. The van der Waals surface area contributed by atoms with Gasteiger partial charge in [0.2, 0.25) is 0 Å². The van der Waals surface area contributed by atoms with E-state index in [1.54, 1.807) is 6.92 Å². The molecule has 4 aliphatic rings. The summed E-state index contributed by atoms with van der Waals surface area (Å²) in [4.78, 5) is 24.5. The van der Waals surface area contributed by atoms with Crippen molar-refractivity contribution in [3.63, 3.8) is 0 Å². The average Bonchev–Trinajstić information content (AvgIpc) is 3.11. The largest absolute Gasteiger partial charge is 0.469 e. The number of methoxy groups -OCH3 is 1. The van der Waals surface area contributed by atoms with Gasteiger partial charge in [-0.25, -0.2) is 0 Å². The van der Waals surface area contributed by atoms with Gasteiger partial charge < -0.3 is 20.1 Å². The lowest BCUT2D eigenvalue weighted by Crippen LogP contribution is -2.65. The first kappa shape index (κ1) is 25.1. The summed E-state index contributed by atoms with van der Waals surface area (Å²) in [6.45, 7) is 8.24. The first-order valence-corrected chi connectivity index (χ1v) is 13.1. The second-order valence-corrected chi connectivity index (χ2v) is 12.3. The standard InChI is InChI=1S/C27H44O6/c1-14(6-9-24(32)33-5)18-7-8-19-25-21(13-23(31)27(18,19)4)26(3)16(11-22(25)30)10-17(29)12-20(26)15(2)28/h14,16-23,25,29-31H,6-13H2,1-5H3. The van der Waals surface area contributed by atoms with Crippen molar-refractivity contribution in [1.82, 2.24) is 0 Å². The van der Waals surface area contributed by atoms with Gasteiger partial charge >= 0.3 is 5.97 Å². The van der Waals surface area contributed by atoms with Crippen LogP contribution in [-0.4, -0.2) is 52.5 Å². The van der Waals surface area contributed by atoms with Crippen LogP contribution in [-0.2, 0) is 14.3 Å². The Morgan fingerprint density at radius 2 is 1.70 bits per heavy atom. The molecule has 4 saturated carbocycles. The Kier molecular flexibility index (Phi) is 6.78. The fourth-order valence-electron chi connectivity index (χ4n) is 9.49. The first-order valence-electron chi connectivity index (χ1n) is 13.1. The minimum atomic E-state index is -0.501. The number of carbonyl (C=O) groups excluding carboxylic acids is 2. The number of fused-ring (bicyclic) bond motifs is 5. The van der Waals surface area contributed by atoms with Crippen LogP contribution in [0.15, 0.2) is 0 Å². The summed E-state index contributed by atoms with van der Waals surface area (Å²) in [5.41, 5.74) is -0.605. The third-order valence-electron chi connectivity index (χ3n) is 11.2. The Morgan fingerprint density at radius 1 is 1.00 bits per heavy atom. The Morgan fingerprint density at radius 3 is 2.33 bits per heavy atom. The van der Waals surface area contributed by atoms with Gasteiger partial charge in [0.1, 0.15) is 5.78 Å². The zero-order valence-electron chi connectivity index (χ0n) is 21.0. The topological polar surface area (TPSA) is 104 Å². The lowest BCUT2D eigenvalue weighted by Gasteiger charge is -2.65. The summed E-state index contributed by atoms with van der Waals surface area (Å²) in [7, 11) is 1.42. The van der Waals surface area contributed by atoms with Crippen molar-refractivity contribution in [3.05, 3.63) is 0 Å². The van der Waals surface area contributed by atoms with Gasteiger partial charge in [0, 0.05) is 12.3 Å². The number of ketones is 1. The van der Waals surface area contributed by atoms with Crippen LogP contribution < -0.4 is 0 Å². The van der Waals surface area contributed by atoms with E-state index >= 15 is 0 Å². The van der Waals surface area contributed by atoms with Crippen LogP contribution in [0.2, 0.25) is 0 Å². The number of carbonyl (C=O) groups is 2. The number of hydrogen-bond acceptors (Lipinski definition) is 6. The highest BCUT2D eigenvalue weighted by atomic mass is 16.5. The fraction of sp³-hybridized carbons (Fsp3) is 0.926. The molecule has 12 atom stereocenters. The summed E-state index contributed by atoms with van der Waals surface area (Å²) in [6.07, 6.45) is 3.98. The summed E-state index contributed by atoms with van der Waals surface area (Å²) in [5.74, 6) is 0.713. The second-order valence-electron chi connectivity index (χ2n) is 12.3. The van der Waals surface area contributed by atoms with E-state index in [0.717, 1.165) is 19.3 Å². The van der Waals surface area contributed by atoms with Crippen molar-refractivity contribution < 1.29 is 29.6 Å². The molecular weight excluding hydrogens is 420 g/mol. The lowest BCUT2D eigenvalue weighted by molar-refractivity contribution is -0.221. The van der Waals surface area contributed by atoms with Crippen molar-refractivity contribution in [1.29, 1.82) is 0 Å². The zero-order chi connectivity index (χ0) is 24.3. The summed E-state index contributed by atoms with van der Waals surface area (Å²) < 4.78 is 4.83. The minimum absolute atomic E-state index is 0.0644. The summed E-state index contributed by atoms with van der Waals surface area (Å²) >= 11 is 0. The lowest BCUT2D eigenvalue weighted by atomic mass is 9.40. The number of aliphatic hydroxyl groups excluding tert-OH is 3. The van der Waals surface area contributed by atoms with E-state index in [1.165, 1.54) is 7.11 Å². The number of rotatable bonds is 5. The molecule has 6 heteroatoms. The van der Waals surface area contributed by atoms with E-state index in [4.69, 9.17) is 4.74 Å². The molecule has 0 spiro atoms. The molecule has 0 radical (unpaired) electrons. The molecule has 33 heavy (non-hydrogen) atoms. The molecule has 3 N–H and O–H groups in total. The molecule has 4 aliphatic carbocycles. The van der Waals surface area contributed by atoms with Crippen LogP contribution in [0.1, 0.15) is 79.1 Å². The molecule has 12 unspecified atom stereocenters. The number of hydrogen-bond donors (Lipinski definition) is 3. The predicted octanol–water partition coefficient (Wildman–Crippen LogP) is 3.35. The molecule has 0 amide bonds. The number of Topliss-reactive ketones (excluding diaryl/α,β-unsaturated/α-hetero) is 1. The second kappa shape index (κ2) is 8.91. The van der Waals surface area contributed by atoms with Crippen LogP contribution in [0.25, 0.3) is 0 Å². The maximum atomic E-state index is 12.8. The Labute approximate surface area is 198 Å². The Balaban J connectivity index is 1.64. The van der Waals surface area contributed by atoms with Gasteiger partial charge in [-0.2, -0.15) is 0 Å². The van der Waals surface area contributed by atoms with Crippen molar-refractivity contribution in [2.45, 2.75) is 97.4 Å². The highest BCUT2D eigenvalue weighted by molar-refractivity contribution is 5.79. The van der Waals surface area contributed by atoms with E-state index in [9.17, 15) is 24.9 Å². The van der Waals surface area contributed by atoms with Gasteiger partial charge in [-0.1, -0.05) is 20.8 Å². The van der Waals surface area contributed by atoms with Gasteiger partial charge in [-0.05, 0) is 98.2 Å². The smallest absolute Gasteiger partial charge is 0.305 e. The molecule has 0 heterocycles. The summed E-state index contributed by atoms with van der Waals surface area (Å²) in [5, 5.41) is 33.6. The van der Waals surface area contributed by atoms with Crippen molar-refractivity contribution in [3.8, 4) is 0 Å². The summed E-state index contributed by atoms with van der Waals surface area (Å²) in [6, 6.07) is 0. The maximum absolute atomic E-state index is 12.8. The van der Waals surface area contributed by atoms with E-state index < -0.39 is 18.3 Å². The molecule has 4 fully saturated rings. The van der Waals surface area contributed by atoms with Crippen LogP contribution in [0.4, 0.5) is 0 Å². The van der Waals surface area contributed by atoms with Crippen molar-refractivity contribution in [2.24, 2.45) is 52.3 Å². The number of esters is 1. The van der Waals surface area contributed by atoms with Crippen molar-refractivity contribution >= 4 is 11.8 Å². The van der Waals surface area contributed by atoms with Crippen molar-refractivity contribution in [2.75, 3.05) is 7.11 Å². The Hall–Kier alpha value is -0.980. The minimum Gasteiger partial charge on any atom is -0.469 e. The number of aliphatic hydroxyl groups is 3. The van der Waals surface area contributed by atoms with E-state index in [2.05, 4.69) is 20.8 Å². The van der Waals surface area contributed by atoms with E-state index in [-0.39, 0.29) is 64.0 Å². The average molecular weight is 465 g/mol. The first-order chi connectivity index (χ1) is 15.5. The number of ether oxygens (including phenoxy) is 1. The quantitative estimate of drug-likeness (QED) is 0.539. The molecule has 0 aromatic carbocycles. The third-order valence-corrected chi connectivity index (χ3v) is 11.2. The van der Waals surface area contributed by atoms with Crippen LogP contribution in [0.5, 0.6) is 0 Å². The van der Waals surface area contributed by atoms with Gasteiger partial charge in [0.25, 0.3) is 0 Å². The van der Waals surface area contributed by atoms with Gasteiger partial charge in [0.15, 0.2) is 0 Å². The molecule has 0 bridgehead atoms. The molecule has 0 aromatic rings. The fourth-order valence-corrected chi connectivity index (χ4v) is 9.49. The zero-order valence-corrected chi connectivity index (χ0v) is 21.0. The highest BCUT2D eigenvalue weighted by Crippen LogP contribution is 2.69. The van der Waals surface area contributed by atoms with Crippen LogP contribution >= 0.6 is 0 Å². The normalized spacial score (nSPS) is 50.0. The van der Waals surface area contributed by atoms with Gasteiger partial charge in [0.05, 0.1) is 25.4 Å².